The van der Waals surface area contributed by atoms with E-state index in [-0.39, 0.29) is 5.91 Å². The maximum Gasteiger partial charge on any atom is 0.271 e. The summed E-state index contributed by atoms with van der Waals surface area (Å²) in [6.07, 6.45) is 3.82. The molecule has 19 heavy (non-hydrogen) atoms. The predicted molar refractivity (Wildman–Crippen MR) is 72.9 cm³/mol. The van der Waals surface area contributed by atoms with Gasteiger partial charge in [0.05, 0.1) is 17.2 Å². The van der Waals surface area contributed by atoms with E-state index in [4.69, 9.17) is 0 Å². The summed E-state index contributed by atoms with van der Waals surface area (Å²) in [6.45, 7) is 1.68. The first-order chi connectivity index (χ1) is 9.33. The number of aromatic nitrogens is 2. The number of carbonyl (C=O) groups excluding carboxylic acids is 1. The first kappa shape index (κ1) is 12.0. The van der Waals surface area contributed by atoms with Crippen molar-refractivity contribution in [1.29, 1.82) is 0 Å². The van der Waals surface area contributed by atoms with Gasteiger partial charge in [-0.1, -0.05) is 12.1 Å². The molecule has 98 valence electrons. The van der Waals surface area contributed by atoms with E-state index in [2.05, 4.69) is 20.6 Å². The minimum absolute atomic E-state index is 0.160. The molecular formula is C14H16N4O. The van der Waals surface area contributed by atoms with E-state index in [1.165, 1.54) is 12.6 Å². The SMILES string of the molecule is O=C(NCC1CCCN1)c1cnc2ccccc2n1. The molecule has 0 saturated carbocycles. The Kier molecular flexibility index (Phi) is 3.37. The van der Waals surface area contributed by atoms with Crippen molar-refractivity contribution in [3.05, 3.63) is 36.2 Å². The summed E-state index contributed by atoms with van der Waals surface area (Å²) < 4.78 is 0. The number of hydrogen-bond acceptors (Lipinski definition) is 4. The Morgan fingerprint density at radius 3 is 3.00 bits per heavy atom. The molecule has 1 atom stereocenters. The normalized spacial score (nSPS) is 18.6. The van der Waals surface area contributed by atoms with E-state index >= 15 is 0 Å². The second kappa shape index (κ2) is 5.32. The Bertz CT molecular complexity index is 593. The lowest BCUT2D eigenvalue weighted by Crippen LogP contribution is -2.37. The van der Waals surface area contributed by atoms with Crippen LogP contribution in [-0.2, 0) is 0 Å². The Morgan fingerprint density at radius 1 is 1.37 bits per heavy atom. The molecule has 5 heteroatoms. The third-order valence-electron chi connectivity index (χ3n) is 3.35. The van der Waals surface area contributed by atoms with Crippen molar-refractivity contribution >= 4 is 16.9 Å². The van der Waals surface area contributed by atoms with Gasteiger partial charge >= 0.3 is 0 Å². The second-order valence-corrected chi connectivity index (χ2v) is 4.75. The van der Waals surface area contributed by atoms with Gasteiger partial charge in [-0.25, -0.2) is 4.98 Å². The molecule has 1 aliphatic heterocycles. The summed E-state index contributed by atoms with van der Waals surface area (Å²) in [7, 11) is 0. The molecule has 2 heterocycles. The zero-order valence-electron chi connectivity index (χ0n) is 10.6. The quantitative estimate of drug-likeness (QED) is 0.863. The van der Waals surface area contributed by atoms with E-state index in [1.54, 1.807) is 0 Å². The fourth-order valence-electron chi connectivity index (χ4n) is 2.30. The monoisotopic (exact) mass is 256 g/mol. The molecule has 5 nitrogen and oxygen atoms in total. The van der Waals surface area contributed by atoms with Crippen molar-refractivity contribution in [2.75, 3.05) is 13.1 Å². The van der Waals surface area contributed by atoms with Crippen LogP contribution in [0.4, 0.5) is 0 Å². The predicted octanol–water partition coefficient (Wildman–Crippen LogP) is 1.11. The van der Waals surface area contributed by atoms with Gasteiger partial charge < -0.3 is 10.6 Å². The average molecular weight is 256 g/mol. The van der Waals surface area contributed by atoms with Crippen molar-refractivity contribution in [2.45, 2.75) is 18.9 Å². The van der Waals surface area contributed by atoms with Crippen LogP contribution < -0.4 is 10.6 Å². The molecule has 1 aromatic heterocycles. The van der Waals surface area contributed by atoms with Crippen molar-refractivity contribution in [3.63, 3.8) is 0 Å². The molecule has 0 aliphatic carbocycles. The fourth-order valence-corrected chi connectivity index (χ4v) is 2.30. The summed E-state index contributed by atoms with van der Waals surface area (Å²) in [5, 5.41) is 6.24. The third kappa shape index (κ3) is 2.71. The van der Waals surface area contributed by atoms with Crippen LogP contribution in [0.1, 0.15) is 23.3 Å². The van der Waals surface area contributed by atoms with Crippen LogP contribution in [0.15, 0.2) is 30.5 Å². The maximum absolute atomic E-state index is 12.0. The van der Waals surface area contributed by atoms with Crippen LogP contribution in [0.25, 0.3) is 11.0 Å². The van der Waals surface area contributed by atoms with Crippen molar-refractivity contribution < 1.29 is 4.79 Å². The zero-order valence-corrected chi connectivity index (χ0v) is 10.6. The minimum atomic E-state index is -0.160. The second-order valence-electron chi connectivity index (χ2n) is 4.75. The molecule has 2 aromatic rings. The Hall–Kier alpha value is -2.01. The van der Waals surface area contributed by atoms with Crippen LogP contribution in [0.3, 0.4) is 0 Å². The van der Waals surface area contributed by atoms with Crippen molar-refractivity contribution in [1.82, 2.24) is 20.6 Å². The lowest BCUT2D eigenvalue weighted by Gasteiger charge is -2.11. The topological polar surface area (TPSA) is 66.9 Å². The van der Waals surface area contributed by atoms with Gasteiger partial charge in [-0.05, 0) is 31.5 Å². The molecular weight excluding hydrogens is 240 g/mol. The third-order valence-corrected chi connectivity index (χ3v) is 3.35. The van der Waals surface area contributed by atoms with Crippen molar-refractivity contribution in [2.24, 2.45) is 0 Å². The van der Waals surface area contributed by atoms with Gasteiger partial charge in [0.1, 0.15) is 5.69 Å². The number of fused-ring (bicyclic) bond motifs is 1. The van der Waals surface area contributed by atoms with E-state index in [9.17, 15) is 4.79 Å². The fraction of sp³-hybridized carbons (Fsp3) is 0.357. The molecule has 1 fully saturated rings. The van der Waals surface area contributed by atoms with Crippen LogP contribution in [0.2, 0.25) is 0 Å². The lowest BCUT2D eigenvalue weighted by molar-refractivity contribution is 0.0945. The average Bonchev–Trinajstić information content (AvgIpc) is 2.97. The Balaban J connectivity index is 1.70. The van der Waals surface area contributed by atoms with Gasteiger partial charge in [-0.3, -0.25) is 9.78 Å². The summed E-state index contributed by atoms with van der Waals surface area (Å²) in [6, 6.07) is 7.92. The smallest absolute Gasteiger partial charge is 0.271 e. The molecule has 1 amide bonds. The van der Waals surface area contributed by atoms with Gasteiger partial charge in [-0.2, -0.15) is 0 Å². The molecule has 0 radical (unpaired) electrons. The molecule has 2 N–H and O–H groups in total. The molecule has 1 unspecified atom stereocenters. The lowest BCUT2D eigenvalue weighted by atomic mass is 10.2. The summed E-state index contributed by atoms with van der Waals surface area (Å²) in [4.78, 5) is 20.6. The maximum atomic E-state index is 12.0. The standard InChI is InChI=1S/C14H16N4O/c19-14(17-8-10-4-3-7-15-10)13-9-16-11-5-1-2-6-12(11)18-13/h1-2,5-6,9-10,15H,3-4,7-8H2,(H,17,19). The molecule has 1 aliphatic rings. The van der Waals surface area contributed by atoms with Gasteiger partial charge in [-0.15, -0.1) is 0 Å². The number of hydrogen-bond donors (Lipinski definition) is 2. The minimum Gasteiger partial charge on any atom is -0.349 e. The highest BCUT2D eigenvalue weighted by molar-refractivity contribution is 5.93. The van der Waals surface area contributed by atoms with Crippen LogP contribution >= 0.6 is 0 Å². The number of para-hydroxylation sites is 2. The zero-order chi connectivity index (χ0) is 13.1. The number of nitrogens with one attached hydrogen (secondary N) is 2. The molecule has 0 bridgehead atoms. The van der Waals surface area contributed by atoms with Crippen LogP contribution in [-0.4, -0.2) is 35.0 Å². The van der Waals surface area contributed by atoms with Crippen LogP contribution in [0.5, 0.6) is 0 Å². The van der Waals surface area contributed by atoms with Gasteiger partial charge in [0.15, 0.2) is 0 Å². The summed E-state index contributed by atoms with van der Waals surface area (Å²) >= 11 is 0. The highest BCUT2D eigenvalue weighted by atomic mass is 16.1. The first-order valence-electron chi connectivity index (χ1n) is 6.56. The molecule has 3 rings (SSSR count). The summed E-state index contributed by atoms with van der Waals surface area (Å²) in [5.74, 6) is -0.160. The van der Waals surface area contributed by atoms with Crippen LogP contribution in [0, 0.1) is 0 Å². The van der Waals surface area contributed by atoms with E-state index in [1.807, 2.05) is 24.3 Å². The number of benzene rings is 1. The largest absolute Gasteiger partial charge is 0.349 e. The first-order valence-corrected chi connectivity index (χ1v) is 6.56. The number of nitrogens with zero attached hydrogens (tertiary/aromatic N) is 2. The van der Waals surface area contributed by atoms with E-state index in [0.717, 1.165) is 24.0 Å². The van der Waals surface area contributed by atoms with E-state index in [0.29, 0.717) is 18.3 Å². The van der Waals surface area contributed by atoms with Gasteiger partial charge in [0, 0.05) is 12.6 Å². The number of rotatable bonds is 3. The summed E-state index contributed by atoms with van der Waals surface area (Å²) in [5.41, 5.74) is 1.92. The van der Waals surface area contributed by atoms with Crippen molar-refractivity contribution in [3.8, 4) is 0 Å². The van der Waals surface area contributed by atoms with E-state index < -0.39 is 0 Å². The number of amides is 1. The molecule has 1 aromatic carbocycles. The Labute approximate surface area is 111 Å². The number of carbonyl (C=O) groups is 1. The highest BCUT2D eigenvalue weighted by Gasteiger charge is 2.16. The Morgan fingerprint density at radius 2 is 2.21 bits per heavy atom. The molecule has 0 spiro atoms. The van der Waals surface area contributed by atoms with Gasteiger partial charge in [0.2, 0.25) is 0 Å². The highest BCUT2D eigenvalue weighted by Crippen LogP contribution is 2.08. The van der Waals surface area contributed by atoms with Gasteiger partial charge in [0.25, 0.3) is 5.91 Å². The molecule has 1 saturated heterocycles.